The van der Waals surface area contributed by atoms with Crippen molar-refractivity contribution in [2.24, 2.45) is 0 Å². The predicted octanol–water partition coefficient (Wildman–Crippen LogP) is 4.12. The molecule has 1 heterocycles. The molecule has 16 heavy (non-hydrogen) atoms. The summed E-state index contributed by atoms with van der Waals surface area (Å²) in [6, 6.07) is 6.09. The molecule has 0 atom stereocenters. The molecule has 3 heteroatoms. The molecule has 0 bridgehead atoms. The normalized spacial score (nSPS) is 9.56. The zero-order valence-corrected chi connectivity index (χ0v) is 10.0. The van der Waals surface area contributed by atoms with Crippen molar-refractivity contribution < 1.29 is 8.81 Å². The Labute approximate surface area is 95.1 Å². The summed E-state index contributed by atoms with van der Waals surface area (Å²) in [5, 5.41) is 0. The standard InChI is InChI=1S/C11H10FNO.C2H6/c1-7-8(2)14-11(13-7)9-3-5-10(12)6-4-9;1-2/h3-6H,1-2H3;1-2H3. The summed E-state index contributed by atoms with van der Waals surface area (Å²) in [6.07, 6.45) is 0. The van der Waals surface area contributed by atoms with Crippen LogP contribution in [0.3, 0.4) is 0 Å². The maximum Gasteiger partial charge on any atom is 0.226 e. The topological polar surface area (TPSA) is 26.0 Å². The lowest BCUT2D eigenvalue weighted by atomic mass is 10.2. The Kier molecular flexibility index (Phi) is 4.23. The molecule has 0 saturated carbocycles. The maximum absolute atomic E-state index is 12.6. The fourth-order valence-corrected chi connectivity index (χ4v) is 1.19. The van der Waals surface area contributed by atoms with Gasteiger partial charge >= 0.3 is 0 Å². The van der Waals surface area contributed by atoms with Crippen LogP contribution < -0.4 is 0 Å². The summed E-state index contributed by atoms with van der Waals surface area (Å²) in [5.41, 5.74) is 1.66. The number of oxazole rings is 1. The molecule has 2 nitrogen and oxygen atoms in total. The van der Waals surface area contributed by atoms with Gasteiger partial charge in [-0.15, -0.1) is 0 Å². The highest BCUT2D eigenvalue weighted by Gasteiger charge is 2.07. The lowest BCUT2D eigenvalue weighted by molar-refractivity contribution is 0.540. The van der Waals surface area contributed by atoms with Gasteiger partial charge in [0.2, 0.25) is 5.89 Å². The van der Waals surface area contributed by atoms with E-state index >= 15 is 0 Å². The highest BCUT2D eigenvalue weighted by molar-refractivity contribution is 5.53. The monoisotopic (exact) mass is 221 g/mol. The minimum Gasteiger partial charge on any atom is -0.441 e. The van der Waals surface area contributed by atoms with E-state index in [4.69, 9.17) is 4.42 Å². The highest BCUT2D eigenvalue weighted by atomic mass is 19.1. The van der Waals surface area contributed by atoms with Gasteiger partial charge in [0.25, 0.3) is 0 Å². The zero-order chi connectivity index (χ0) is 12.1. The van der Waals surface area contributed by atoms with Crippen LogP contribution in [0, 0.1) is 19.7 Å². The fourth-order valence-electron chi connectivity index (χ4n) is 1.19. The minimum absolute atomic E-state index is 0.256. The summed E-state index contributed by atoms with van der Waals surface area (Å²) in [5.74, 6) is 1.08. The molecular formula is C13H16FNO. The molecule has 0 fully saturated rings. The van der Waals surface area contributed by atoms with Crippen molar-refractivity contribution in [3.63, 3.8) is 0 Å². The van der Waals surface area contributed by atoms with Gasteiger partial charge in [0.1, 0.15) is 11.6 Å². The van der Waals surface area contributed by atoms with Crippen LogP contribution in [0.25, 0.3) is 11.5 Å². The molecule has 0 aliphatic heterocycles. The third-order valence-corrected chi connectivity index (χ3v) is 2.12. The average molecular weight is 221 g/mol. The Morgan fingerprint density at radius 2 is 1.62 bits per heavy atom. The molecule has 0 aliphatic carbocycles. The van der Waals surface area contributed by atoms with Crippen molar-refractivity contribution in [1.82, 2.24) is 4.98 Å². The van der Waals surface area contributed by atoms with Crippen LogP contribution in [0.4, 0.5) is 4.39 Å². The summed E-state index contributed by atoms with van der Waals surface area (Å²) in [4.78, 5) is 4.22. The summed E-state index contributed by atoms with van der Waals surface area (Å²) < 4.78 is 18.0. The second kappa shape index (κ2) is 5.45. The van der Waals surface area contributed by atoms with Gasteiger partial charge in [-0.1, -0.05) is 13.8 Å². The Balaban J connectivity index is 0.000000606. The highest BCUT2D eigenvalue weighted by Crippen LogP contribution is 2.21. The predicted molar refractivity (Wildman–Crippen MR) is 62.7 cm³/mol. The average Bonchev–Trinajstić information content (AvgIpc) is 2.63. The van der Waals surface area contributed by atoms with E-state index in [0.717, 1.165) is 17.0 Å². The number of aromatic nitrogens is 1. The van der Waals surface area contributed by atoms with Crippen LogP contribution in [0.1, 0.15) is 25.3 Å². The van der Waals surface area contributed by atoms with Crippen molar-refractivity contribution >= 4 is 0 Å². The lowest BCUT2D eigenvalue weighted by Gasteiger charge is -1.93. The van der Waals surface area contributed by atoms with Crippen molar-refractivity contribution in [1.29, 1.82) is 0 Å². The smallest absolute Gasteiger partial charge is 0.226 e. The molecule has 2 aromatic rings. The van der Waals surface area contributed by atoms with Gasteiger partial charge in [-0.05, 0) is 38.1 Å². The van der Waals surface area contributed by atoms with Gasteiger partial charge in [-0.2, -0.15) is 0 Å². The van der Waals surface area contributed by atoms with Crippen LogP contribution in [0.2, 0.25) is 0 Å². The van der Waals surface area contributed by atoms with E-state index in [-0.39, 0.29) is 5.82 Å². The van der Waals surface area contributed by atoms with Crippen LogP contribution >= 0.6 is 0 Å². The Bertz CT molecular complexity index is 426. The number of hydrogen-bond donors (Lipinski definition) is 0. The van der Waals surface area contributed by atoms with Gasteiger partial charge in [0, 0.05) is 5.56 Å². The molecule has 0 spiro atoms. The Morgan fingerprint density at radius 1 is 1.06 bits per heavy atom. The first-order valence-electron chi connectivity index (χ1n) is 5.37. The van der Waals surface area contributed by atoms with Crippen LogP contribution in [0.5, 0.6) is 0 Å². The van der Waals surface area contributed by atoms with Gasteiger partial charge in [-0.25, -0.2) is 9.37 Å². The quantitative estimate of drug-likeness (QED) is 0.723. The van der Waals surface area contributed by atoms with E-state index < -0.39 is 0 Å². The van der Waals surface area contributed by atoms with Crippen LogP contribution in [-0.4, -0.2) is 4.98 Å². The summed E-state index contributed by atoms with van der Waals surface area (Å²) in [6.45, 7) is 7.74. The van der Waals surface area contributed by atoms with Gasteiger partial charge in [0.05, 0.1) is 5.69 Å². The van der Waals surface area contributed by atoms with E-state index in [1.165, 1.54) is 12.1 Å². The van der Waals surface area contributed by atoms with Crippen LogP contribution in [-0.2, 0) is 0 Å². The van der Waals surface area contributed by atoms with Crippen molar-refractivity contribution in [3.8, 4) is 11.5 Å². The molecular weight excluding hydrogens is 205 g/mol. The van der Waals surface area contributed by atoms with E-state index in [0.29, 0.717) is 5.89 Å². The van der Waals surface area contributed by atoms with Gasteiger partial charge < -0.3 is 4.42 Å². The first kappa shape index (κ1) is 12.4. The first-order valence-corrected chi connectivity index (χ1v) is 5.37. The second-order valence-corrected chi connectivity index (χ2v) is 3.17. The molecule has 2 rings (SSSR count). The van der Waals surface area contributed by atoms with E-state index in [2.05, 4.69) is 4.98 Å². The molecule has 1 aromatic carbocycles. The molecule has 0 amide bonds. The number of aryl methyl sites for hydroxylation is 2. The number of hydrogen-bond acceptors (Lipinski definition) is 2. The molecule has 0 saturated heterocycles. The third-order valence-electron chi connectivity index (χ3n) is 2.12. The number of nitrogens with zero attached hydrogens (tertiary/aromatic N) is 1. The van der Waals surface area contributed by atoms with E-state index in [1.54, 1.807) is 12.1 Å². The fraction of sp³-hybridized carbons (Fsp3) is 0.308. The molecule has 0 unspecified atom stereocenters. The largest absolute Gasteiger partial charge is 0.441 e. The Hall–Kier alpha value is -1.64. The number of rotatable bonds is 1. The third kappa shape index (κ3) is 2.69. The van der Waals surface area contributed by atoms with E-state index in [1.807, 2.05) is 27.7 Å². The molecule has 0 N–H and O–H groups in total. The number of benzene rings is 1. The number of halogens is 1. The van der Waals surface area contributed by atoms with Crippen molar-refractivity contribution in [2.75, 3.05) is 0 Å². The van der Waals surface area contributed by atoms with Crippen molar-refractivity contribution in [3.05, 3.63) is 41.5 Å². The van der Waals surface area contributed by atoms with E-state index in [9.17, 15) is 4.39 Å². The molecule has 0 aliphatic rings. The Morgan fingerprint density at radius 3 is 2.06 bits per heavy atom. The van der Waals surface area contributed by atoms with Gasteiger partial charge in [0.15, 0.2) is 0 Å². The first-order chi connectivity index (χ1) is 7.66. The van der Waals surface area contributed by atoms with Crippen LogP contribution in [0.15, 0.2) is 28.7 Å². The van der Waals surface area contributed by atoms with Crippen molar-refractivity contribution in [2.45, 2.75) is 27.7 Å². The van der Waals surface area contributed by atoms with Gasteiger partial charge in [-0.3, -0.25) is 0 Å². The molecule has 0 radical (unpaired) electrons. The zero-order valence-electron chi connectivity index (χ0n) is 10.0. The lowest BCUT2D eigenvalue weighted by Crippen LogP contribution is -1.78. The SMILES string of the molecule is CC.Cc1nc(-c2ccc(F)cc2)oc1C. The summed E-state index contributed by atoms with van der Waals surface area (Å²) >= 11 is 0. The summed E-state index contributed by atoms with van der Waals surface area (Å²) in [7, 11) is 0. The maximum atomic E-state index is 12.6. The molecule has 86 valence electrons. The second-order valence-electron chi connectivity index (χ2n) is 3.17. The molecule has 1 aromatic heterocycles. The minimum atomic E-state index is -0.256.